The van der Waals surface area contributed by atoms with Crippen LogP contribution in [0.15, 0.2) is 36.5 Å². The largest absolute Gasteiger partial charge is 0.337 e. The fourth-order valence-electron chi connectivity index (χ4n) is 2.47. The van der Waals surface area contributed by atoms with E-state index in [9.17, 15) is 4.79 Å². The lowest BCUT2D eigenvalue weighted by molar-refractivity contribution is -0.125. The molecule has 0 radical (unpaired) electrons. The third-order valence-corrected chi connectivity index (χ3v) is 3.70. The van der Waals surface area contributed by atoms with Crippen molar-refractivity contribution in [1.82, 2.24) is 15.5 Å². The van der Waals surface area contributed by atoms with Crippen LogP contribution >= 0.6 is 0 Å². The van der Waals surface area contributed by atoms with Crippen molar-refractivity contribution in [2.45, 2.75) is 39.3 Å². The van der Waals surface area contributed by atoms with E-state index in [1.165, 1.54) is 0 Å². The summed E-state index contributed by atoms with van der Waals surface area (Å²) in [4.78, 5) is 14.3. The molecule has 0 aliphatic carbocycles. The Balaban J connectivity index is 0.00000106. The highest BCUT2D eigenvalue weighted by atomic mass is 16.2. The SMILES string of the molecule is C=C/C=C\C(=C/C)C(=O)N1CCC(NC2CNC2)C1.CC. The van der Waals surface area contributed by atoms with Crippen molar-refractivity contribution in [3.63, 3.8) is 0 Å². The fourth-order valence-corrected chi connectivity index (χ4v) is 2.47. The zero-order valence-corrected chi connectivity index (χ0v) is 13.6. The monoisotopic (exact) mass is 291 g/mol. The van der Waals surface area contributed by atoms with Gasteiger partial charge in [0.25, 0.3) is 5.91 Å². The summed E-state index contributed by atoms with van der Waals surface area (Å²) in [7, 11) is 0. The van der Waals surface area contributed by atoms with E-state index in [0.717, 1.165) is 38.2 Å². The summed E-state index contributed by atoms with van der Waals surface area (Å²) in [5.41, 5.74) is 0.742. The van der Waals surface area contributed by atoms with Gasteiger partial charge in [-0.15, -0.1) is 0 Å². The first-order chi connectivity index (χ1) is 10.2. The number of carbonyl (C=O) groups excluding carboxylic acids is 1. The van der Waals surface area contributed by atoms with Gasteiger partial charge in [-0.1, -0.05) is 38.7 Å². The van der Waals surface area contributed by atoms with Crippen LogP contribution in [0.25, 0.3) is 0 Å². The summed E-state index contributed by atoms with van der Waals surface area (Å²) in [6.45, 7) is 13.3. The number of carbonyl (C=O) groups is 1. The zero-order valence-electron chi connectivity index (χ0n) is 13.6. The number of nitrogens with one attached hydrogen (secondary N) is 2. The van der Waals surface area contributed by atoms with E-state index in [-0.39, 0.29) is 5.91 Å². The summed E-state index contributed by atoms with van der Waals surface area (Å²) in [6.07, 6.45) is 8.23. The van der Waals surface area contributed by atoms with Gasteiger partial charge in [-0.05, 0) is 19.4 Å². The summed E-state index contributed by atoms with van der Waals surface area (Å²) in [6, 6.07) is 1.03. The van der Waals surface area contributed by atoms with Gasteiger partial charge in [0.15, 0.2) is 0 Å². The predicted molar refractivity (Wildman–Crippen MR) is 89.2 cm³/mol. The van der Waals surface area contributed by atoms with Gasteiger partial charge < -0.3 is 15.5 Å². The Kier molecular flexibility index (Phi) is 8.01. The lowest BCUT2D eigenvalue weighted by Gasteiger charge is -2.31. The maximum Gasteiger partial charge on any atom is 0.253 e. The molecular formula is C17H29N3O. The summed E-state index contributed by atoms with van der Waals surface area (Å²) >= 11 is 0. The van der Waals surface area contributed by atoms with Crippen LogP contribution in [0.4, 0.5) is 0 Å². The molecule has 2 N–H and O–H groups in total. The number of amides is 1. The average Bonchev–Trinajstić information content (AvgIpc) is 2.94. The highest BCUT2D eigenvalue weighted by Crippen LogP contribution is 2.14. The first-order valence-corrected chi connectivity index (χ1v) is 7.96. The standard InChI is InChI=1S/C15H23N3O.C2H6/c1-3-5-6-12(4-2)15(19)18-8-7-13(11-18)17-14-9-16-10-14;1-2/h3-6,13-14,16-17H,1,7-11H2,2H3;1-2H3/b6-5-,12-4+;. The zero-order chi connectivity index (χ0) is 15.7. The Labute approximate surface area is 129 Å². The van der Waals surface area contributed by atoms with Gasteiger partial charge in [-0.3, -0.25) is 4.79 Å². The van der Waals surface area contributed by atoms with Crippen LogP contribution < -0.4 is 10.6 Å². The molecule has 2 fully saturated rings. The lowest BCUT2D eigenvalue weighted by atomic mass is 10.1. The van der Waals surface area contributed by atoms with Crippen LogP contribution in [0.3, 0.4) is 0 Å². The van der Waals surface area contributed by atoms with Crippen LogP contribution in [0.1, 0.15) is 27.2 Å². The molecule has 118 valence electrons. The molecule has 21 heavy (non-hydrogen) atoms. The summed E-state index contributed by atoms with van der Waals surface area (Å²) in [5.74, 6) is 0.122. The number of allylic oxidation sites excluding steroid dienone is 3. The maximum atomic E-state index is 12.3. The van der Waals surface area contributed by atoms with Gasteiger partial charge >= 0.3 is 0 Å². The van der Waals surface area contributed by atoms with Crippen LogP contribution in [-0.2, 0) is 4.79 Å². The van der Waals surface area contributed by atoms with Gasteiger partial charge in [0, 0.05) is 43.8 Å². The second kappa shape index (κ2) is 9.53. The van der Waals surface area contributed by atoms with Crippen molar-refractivity contribution in [1.29, 1.82) is 0 Å². The average molecular weight is 291 g/mol. The van der Waals surface area contributed by atoms with Crippen molar-refractivity contribution in [3.8, 4) is 0 Å². The topological polar surface area (TPSA) is 44.4 Å². The summed E-state index contributed by atoms with van der Waals surface area (Å²) in [5, 5.41) is 6.84. The molecular weight excluding hydrogens is 262 g/mol. The van der Waals surface area contributed by atoms with Crippen LogP contribution in [0.5, 0.6) is 0 Å². The molecule has 0 aromatic heterocycles. The smallest absolute Gasteiger partial charge is 0.253 e. The fraction of sp³-hybridized carbons (Fsp3) is 0.588. The van der Waals surface area contributed by atoms with E-state index >= 15 is 0 Å². The molecule has 0 saturated carbocycles. The molecule has 4 nitrogen and oxygen atoms in total. The molecule has 4 heteroatoms. The molecule has 2 heterocycles. The van der Waals surface area contributed by atoms with E-state index in [0.29, 0.717) is 12.1 Å². The van der Waals surface area contributed by atoms with E-state index < -0.39 is 0 Å². The molecule has 2 saturated heterocycles. The Hall–Kier alpha value is -1.39. The van der Waals surface area contributed by atoms with Crippen molar-refractivity contribution < 1.29 is 4.79 Å². The maximum absolute atomic E-state index is 12.3. The van der Waals surface area contributed by atoms with E-state index in [2.05, 4.69) is 17.2 Å². The third-order valence-electron chi connectivity index (χ3n) is 3.70. The van der Waals surface area contributed by atoms with Gasteiger partial charge in [-0.2, -0.15) is 0 Å². The third kappa shape index (κ3) is 5.14. The van der Waals surface area contributed by atoms with Gasteiger partial charge in [-0.25, -0.2) is 0 Å². The molecule has 0 spiro atoms. The van der Waals surface area contributed by atoms with Gasteiger partial charge in [0.05, 0.1) is 0 Å². The second-order valence-electron chi connectivity index (χ2n) is 5.10. The van der Waals surface area contributed by atoms with Crippen LogP contribution in [-0.4, -0.2) is 49.1 Å². The molecule has 1 unspecified atom stereocenters. The molecule has 0 aromatic carbocycles. The molecule has 2 aliphatic heterocycles. The molecule has 1 atom stereocenters. The molecule has 0 aromatic rings. The number of hydrogen-bond acceptors (Lipinski definition) is 3. The number of rotatable bonds is 5. The number of hydrogen-bond donors (Lipinski definition) is 2. The first kappa shape index (κ1) is 17.7. The van der Waals surface area contributed by atoms with Crippen molar-refractivity contribution in [2.75, 3.05) is 26.2 Å². The second-order valence-corrected chi connectivity index (χ2v) is 5.10. The summed E-state index contributed by atoms with van der Waals surface area (Å²) < 4.78 is 0. The highest BCUT2D eigenvalue weighted by molar-refractivity contribution is 5.96. The Morgan fingerprint density at radius 1 is 1.33 bits per heavy atom. The van der Waals surface area contributed by atoms with Crippen LogP contribution in [0.2, 0.25) is 0 Å². The predicted octanol–water partition coefficient (Wildman–Crippen LogP) is 1.86. The minimum absolute atomic E-state index is 0.122. The first-order valence-electron chi connectivity index (χ1n) is 7.96. The van der Waals surface area contributed by atoms with E-state index in [1.54, 1.807) is 12.2 Å². The minimum atomic E-state index is 0.122. The van der Waals surface area contributed by atoms with Crippen molar-refractivity contribution in [3.05, 3.63) is 36.5 Å². The van der Waals surface area contributed by atoms with Crippen molar-refractivity contribution in [2.24, 2.45) is 0 Å². The molecule has 2 rings (SSSR count). The Morgan fingerprint density at radius 3 is 2.57 bits per heavy atom. The highest BCUT2D eigenvalue weighted by Gasteiger charge is 2.29. The minimum Gasteiger partial charge on any atom is -0.337 e. The number of nitrogens with zero attached hydrogens (tertiary/aromatic N) is 1. The lowest BCUT2D eigenvalue weighted by Crippen LogP contribution is -2.58. The number of likely N-dealkylation sites (tertiary alicyclic amines) is 1. The van der Waals surface area contributed by atoms with E-state index in [1.807, 2.05) is 37.8 Å². The Morgan fingerprint density at radius 2 is 2.05 bits per heavy atom. The van der Waals surface area contributed by atoms with Gasteiger partial charge in [0.2, 0.25) is 0 Å². The van der Waals surface area contributed by atoms with Gasteiger partial charge in [0.1, 0.15) is 0 Å². The Bertz CT molecular complexity index is 397. The molecule has 0 bridgehead atoms. The van der Waals surface area contributed by atoms with E-state index in [4.69, 9.17) is 0 Å². The van der Waals surface area contributed by atoms with Crippen molar-refractivity contribution >= 4 is 5.91 Å². The quantitative estimate of drug-likeness (QED) is 0.600. The molecule has 1 amide bonds. The van der Waals surface area contributed by atoms with Crippen LogP contribution in [0, 0.1) is 0 Å². The normalized spacial score (nSPS) is 22.7. The molecule has 2 aliphatic rings.